The Morgan fingerprint density at radius 1 is 0.950 bits per heavy atom. The third-order valence-corrected chi connectivity index (χ3v) is 4.03. The lowest BCUT2D eigenvalue weighted by Crippen LogP contribution is -1.99. The highest BCUT2D eigenvalue weighted by atomic mass is 35.5. The molecule has 0 aromatic heterocycles. The van der Waals surface area contributed by atoms with Gasteiger partial charge in [0.15, 0.2) is 11.5 Å². The van der Waals surface area contributed by atoms with Crippen LogP contribution in [0, 0.1) is 6.92 Å². The largest absolute Gasteiger partial charge is 0.493 e. The molecule has 0 radical (unpaired) electrons. The van der Waals surface area contributed by atoms with Crippen LogP contribution in [0.4, 0.5) is 0 Å². The molecule has 2 aromatic carbocycles. The minimum absolute atomic E-state index is 0.330. The van der Waals surface area contributed by atoms with E-state index in [1.165, 1.54) is 0 Å². The first-order valence-corrected chi connectivity index (χ1v) is 7.01. The topological polar surface area (TPSA) is 18.5 Å². The van der Waals surface area contributed by atoms with Gasteiger partial charge < -0.3 is 9.47 Å². The normalized spacial score (nSPS) is 12.1. The van der Waals surface area contributed by atoms with Crippen LogP contribution in [0.3, 0.4) is 0 Å². The molecule has 0 spiro atoms. The summed E-state index contributed by atoms with van der Waals surface area (Å²) in [4.78, 5) is 0. The Hall–Kier alpha value is -1.38. The van der Waals surface area contributed by atoms with Crippen molar-refractivity contribution in [1.82, 2.24) is 0 Å². The summed E-state index contributed by atoms with van der Waals surface area (Å²) < 4.78 is 10.5. The molecule has 0 saturated heterocycles. The van der Waals surface area contributed by atoms with Gasteiger partial charge in [-0.05, 0) is 29.7 Å². The van der Waals surface area contributed by atoms with Gasteiger partial charge in [0.05, 0.1) is 19.6 Å². The van der Waals surface area contributed by atoms with E-state index in [4.69, 9.17) is 32.7 Å². The Labute approximate surface area is 129 Å². The second-order valence-corrected chi connectivity index (χ2v) is 5.29. The van der Waals surface area contributed by atoms with Gasteiger partial charge in [-0.15, -0.1) is 11.6 Å². The number of halogens is 2. The highest BCUT2D eigenvalue weighted by Gasteiger charge is 2.19. The summed E-state index contributed by atoms with van der Waals surface area (Å²) in [7, 11) is 3.17. The van der Waals surface area contributed by atoms with Crippen molar-refractivity contribution >= 4 is 23.2 Å². The zero-order valence-electron chi connectivity index (χ0n) is 11.6. The molecule has 1 atom stereocenters. The number of methoxy groups -OCH3 is 2. The zero-order valence-corrected chi connectivity index (χ0v) is 13.1. The van der Waals surface area contributed by atoms with Gasteiger partial charge in [0.1, 0.15) is 0 Å². The Morgan fingerprint density at radius 2 is 1.55 bits per heavy atom. The van der Waals surface area contributed by atoms with Crippen molar-refractivity contribution in [3.8, 4) is 11.5 Å². The Balaban J connectivity index is 2.50. The second kappa shape index (κ2) is 6.38. The molecule has 0 bridgehead atoms. The standard InChI is InChI=1S/C16H16Cl2O2/c1-10-6-4-5-7-11(10)16(18)12-8-14(19-2)15(20-3)9-13(12)17/h4-9,16H,1-3H3. The molecule has 1 unspecified atom stereocenters. The van der Waals surface area contributed by atoms with Crippen LogP contribution in [0.15, 0.2) is 36.4 Å². The maximum absolute atomic E-state index is 6.59. The van der Waals surface area contributed by atoms with Crippen LogP contribution in [0.25, 0.3) is 0 Å². The summed E-state index contributed by atoms with van der Waals surface area (Å²) >= 11 is 12.9. The summed E-state index contributed by atoms with van der Waals surface area (Å²) in [6.07, 6.45) is 0. The van der Waals surface area contributed by atoms with Gasteiger partial charge in [-0.2, -0.15) is 0 Å². The summed E-state index contributed by atoms with van der Waals surface area (Å²) in [6, 6.07) is 11.5. The van der Waals surface area contributed by atoms with Crippen LogP contribution < -0.4 is 9.47 Å². The van der Waals surface area contributed by atoms with Crippen LogP contribution in [0.1, 0.15) is 22.1 Å². The molecule has 20 heavy (non-hydrogen) atoms. The lowest BCUT2D eigenvalue weighted by Gasteiger charge is -2.17. The van der Waals surface area contributed by atoms with Crippen molar-refractivity contribution in [2.75, 3.05) is 14.2 Å². The fraction of sp³-hybridized carbons (Fsp3) is 0.250. The number of rotatable bonds is 4. The van der Waals surface area contributed by atoms with E-state index in [0.717, 1.165) is 16.7 Å². The van der Waals surface area contributed by atoms with E-state index in [2.05, 4.69) is 0 Å². The lowest BCUT2D eigenvalue weighted by atomic mass is 9.99. The minimum Gasteiger partial charge on any atom is -0.493 e. The molecular weight excluding hydrogens is 295 g/mol. The van der Waals surface area contributed by atoms with Crippen molar-refractivity contribution in [3.05, 3.63) is 58.1 Å². The molecule has 0 saturated carbocycles. The first kappa shape index (κ1) is 15.0. The van der Waals surface area contributed by atoms with Gasteiger partial charge in [0.25, 0.3) is 0 Å². The van der Waals surface area contributed by atoms with Gasteiger partial charge in [-0.3, -0.25) is 0 Å². The van der Waals surface area contributed by atoms with Crippen molar-refractivity contribution in [2.45, 2.75) is 12.3 Å². The monoisotopic (exact) mass is 310 g/mol. The van der Waals surface area contributed by atoms with E-state index < -0.39 is 0 Å². The van der Waals surface area contributed by atoms with Gasteiger partial charge in [-0.25, -0.2) is 0 Å². The highest BCUT2D eigenvalue weighted by Crippen LogP contribution is 2.41. The first-order valence-electron chi connectivity index (χ1n) is 6.19. The summed E-state index contributed by atoms with van der Waals surface area (Å²) in [5.74, 6) is 1.21. The van der Waals surface area contributed by atoms with E-state index in [0.29, 0.717) is 16.5 Å². The fourth-order valence-electron chi connectivity index (χ4n) is 2.10. The van der Waals surface area contributed by atoms with Crippen LogP contribution in [-0.2, 0) is 0 Å². The summed E-state index contributed by atoms with van der Waals surface area (Å²) in [5, 5.41) is 0.231. The summed E-state index contributed by atoms with van der Waals surface area (Å²) in [5.41, 5.74) is 2.96. The fourth-order valence-corrected chi connectivity index (χ4v) is 2.85. The van der Waals surface area contributed by atoms with Gasteiger partial charge in [-0.1, -0.05) is 35.9 Å². The predicted molar refractivity (Wildman–Crippen MR) is 83.4 cm³/mol. The highest BCUT2D eigenvalue weighted by molar-refractivity contribution is 6.33. The molecular formula is C16H16Cl2O2. The molecule has 106 valence electrons. The van der Waals surface area contributed by atoms with Crippen LogP contribution in [0.2, 0.25) is 5.02 Å². The van der Waals surface area contributed by atoms with Crippen molar-refractivity contribution < 1.29 is 9.47 Å². The molecule has 0 aliphatic heterocycles. The van der Waals surface area contributed by atoms with E-state index in [1.54, 1.807) is 20.3 Å². The Kier molecular flexibility index (Phi) is 4.79. The van der Waals surface area contributed by atoms with Crippen molar-refractivity contribution in [1.29, 1.82) is 0 Å². The average molecular weight is 311 g/mol. The van der Waals surface area contributed by atoms with Gasteiger partial charge >= 0.3 is 0 Å². The van der Waals surface area contributed by atoms with E-state index in [-0.39, 0.29) is 5.38 Å². The van der Waals surface area contributed by atoms with E-state index in [1.807, 2.05) is 37.3 Å². The number of hydrogen-bond acceptors (Lipinski definition) is 2. The minimum atomic E-state index is -0.330. The molecule has 0 heterocycles. The smallest absolute Gasteiger partial charge is 0.162 e. The molecule has 0 aliphatic rings. The number of aryl methyl sites for hydroxylation is 1. The third-order valence-electron chi connectivity index (χ3n) is 3.24. The van der Waals surface area contributed by atoms with Gasteiger partial charge in [0, 0.05) is 11.1 Å². The SMILES string of the molecule is COc1cc(Cl)c(C(Cl)c2ccccc2C)cc1OC. The Bertz CT molecular complexity index is 611. The number of benzene rings is 2. The van der Waals surface area contributed by atoms with E-state index >= 15 is 0 Å². The molecule has 0 aliphatic carbocycles. The lowest BCUT2D eigenvalue weighted by molar-refractivity contribution is 0.354. The molecule has 4 heteroatoms. The zero-order chi connectivity index (χ0) is 14.7. The molecule has 0 fully saturated rings. The average Bonchev–Trinajstić information content (AvgIpc) is 2.46. The van der Waals surface area contributed by atoms with Gasteiger partial charge in [0.2, 0.25) is 0 Å². The maximum Gasteiger partial charge on any atom is 0.162 e. The Morgan fingerprint density at radius 3 is 2.15 bits per heavy atom. The van der Waals surface area contributed by atoms with E-state index in [9.17, 15) is 0 Å². The molecule has 2 rings (SSSR count). The maximum atomic E-state index is 6.59. The predicted octanol–water partition coefficient (Wildman–Crippen LogP) is 4.99. The second-order valence-electron chi connectivity index (χ2n) is 4.45. The summed E-state index contributed by atoms with van der Waals surface area (Å²) in [6.45, 7) is 2.03. The molecule has 2 nitrogen and oxygen atoms in total. The van der Waals surface area contributed by atoms with Crippen LogP contribution in [-0.4, -0.2) is 14.2 Å². The third kappa shape index (κ3) is 2.87. The molecule has 0 N–H and O–H groups in total. The number of hydrogen-bond donors (Lipinski definition) is 0. The van der Waals surface area contributed by atoms with Crippen molar-refractivity contribution in [3.63, 3.8) is 0 Å². The quantitative estimate of drug-likeness (QED) is 0.740. The molecule has 0 amide bonds. The van der Waals surface area contributed by atoms with Crippen molar-refractivity contribution in [2.24, 2.45) is 0 Å². The number of alkyl halides is 1. The van der Waals surface area contributed by atoms with Crippen LogP contribution in [0.5, 0.6) is 11.5 Å². The van der Waals surface area contributed by atoms with Crippen LogP contribution >= 0.6 is 23.2 Å². The molecule has 2 aromatic rings. The number of ether oxygens (including phenoxy) is 2. The first-order chi connectivity index (χ1) is 9.58.